The molecule has 1 aromatic carbocycles. The number of rotatable bonds is 8. The summed E-state index contributed by atoms with van der Waals surface area (Å²) in [5.41, 5.74) is -2.21. The van der Waals surface area contributed by atoms with Crippen molar-refractivity contribution in [3.05, 3.63) is 23.3 Å². The van der Waals surface area contributed by atoms with Crippen LogP contribution in [0.5, 0.6) is 5.75 Å². The van der Waals surface area contributed by atoms with Crippen molar-refractivity contribution in [3.8, 4) is 5.75 Å². The molecule has 0 aromatic heterocycles. The number of benzene rings is 1. The van der Waals surface area contributed by atoms with Crippen molar-refractivity contribution >= 4 is 12.0 Å². The molecule has 8 heteroatoms. The molecule has 170 valence electrons. The van der Waals surface area contributed by atoms with Gasteiger partial charge in [0.2, 0.25) is 0 Å². The van der Waals surface area contributed by atoms with Gasteiger partial charge in [0.25, 0.3) is 0 Å². The van der Waals surface area contributed by atoms with E-state index in [9.17, 15) is 18.3 Å². The van der Waals surface area contributed by atoms with Crippen LogP contribution in [0.1, 0.15) is 50.7 Å². The summed E-state index contributed by atoms with van der Waals surface area (Å²) in [6.45, 7) is 6.79. The Morgan fingerprint density at radius 2 is 1.83 bits per heavy atom. The Kier molecular flexibility index (Phi) is 8.16. The molecule has 0 saturated heterocycles. The van der Waals surface area contributed by atoms with Gasteiger partial charge in [0.05, 0.1) is 25.2 Å². The first kappa shape index (κ1) is 24.5. The number of aryl methyl sites for hydroxylation is 1. The molecular weight excluding hydrogens is 397 g/mol. The second kappa shape index (κ2) is 10.0. The number of aliphatic hydroxyl groups is 1. The molecule has 0 heterocycles. The number of alkyl halides is 3. The average molecular weight is 431 g/mol. The molecule has 1 aliphatic rings. The highest BCUT2D eigenvalue weighted by Crippen LogP contribution is 2.52. The number of aliphatic imine (C=N–C) groups is 1. The van der Waals surface area contributed by atoms with Crippen molar-refractivity contribution in [1.82, 2.24) is 4.90 Å². The maximum atomic E-state index is 14.3. The first-order chi connectivity index (χ1) is 14.1. The highest BCUT2D eigenvalue weighted by Gasteiger charge is 2.61. The van der Waals surface area contributed by atoms with Crippen LogP contribution < -0.4 is 4.74 Å². The summed E-state index contributed by atoms with van der Waals surface area (Å²) in [5, 5.41) is 11.2. The molecule has 0 spiro atoms. The smallest absolute Gasteiger partial charge is 0.421 e. The zero-order valence-corrected chi connectivity index (χ0v) is 18.4. The van der Waals surface area contributed by atoms with E-state index in [1.54, 1.807) is 13.3 Å². The zero-order chi connectivity index (χ0) is 22.5. The molecule has 1 fully saturated rings. The van der Waals surface area contributed by atoms with Crippen LogP contribution in [0.4, 0.5) is 18.9 Å². The zero-order valence-electron chi connectivity index (χ0n) is 18.4. The van der Waals surface area contributed by atoms with Gasteiger partial charge in [0.1, 0.15) is 5.75 Å². The van der Waals surface area contributed by atoms with Gasteiger partial charge in [-0.05, 0) is 58.1 Å². The lowest BCUT2D eigenvalue weighted by atomic mass is 9.71. The van der Waals surface area contributed by atoms with E-state index in [-0.39, 0.29) is 30.3 Å². The Balaban J connectivity index is 2.47. The van der Waals surface area contributed by atoms with E-state index in [1.807, 2.05) is 25.8 Å². The summed E-state index contributed by atoms with van der Waals surface area (Å²) >= 11 is 0. The number of nitrogens with zero attached hydrogens (tertiary/aromatic N) is 2. The highest BCUT2D eigenvalue weighted by atomic mass is 19.4. The lowest BCUT2D eigenvalue weighted by Crippen LogP contribution is -2.50. The van der Waals surface area contributed by atoms with Crippen LogP contribution in [0.25, 0.3) is 0 Å². The van der Waals surface area contributed by atoms with Crippen LogP contribution >= 0.6 is 0 Å². The third-order valence-electron chi connectivity index (χ3n) is 5.92. The van der Waals surface area contributed by atoms with E-state index in [2.05, 4.69) is 4.99 Å². The Hall–Kier alpha value is -1.80. The molecule has 0 radical (unpaired) electrons. The van der Waals surface area contributed by atoms with Crippen molar-refractivity contribution < 1.29 is 27.8 Å². The molecule has 2 rings (SSSR count). The Morgan fingerprint density at radius 3 is 2.33 bits per heavy atom. The lowest BCUT2D eigenvalue weighted by molar-refractivity contribution is -0.292. The van der Waals surface area contributed by atoms with Gasteiger partial charge in [-0.1, -0.05) is 0 Å². The number of halogens is 3. The van der Waals surface area contributed by atoms with E-state index in [1.165, 1.54) is 19.2 Å². The molecule has 1 aromatic rings. The maximum Gasteiger partial charge on any atom is 0.421 e. The molecule has 0 amide bonds. The minimum Gasteiger partial charge on any atom is -0.496 e. The van der Waals surface area contributed by atoms with Crippen LogP contribution in [-0.4, -0.2) is 55.9 Å². The molecule has 1 aliphatic carbocycles. The van der Waals surface area contributed by atoms with Gasteiger partial charge in [0.15, 0.2) is 5.60 Å². The predicted molar refractivity (Wildman–Crippen MR) is 112 cm³/mol. The van der Waals surface area contributed by atoms with Gasteiger partial charge in [-0.3, -0.25) is 0 Å². The highest BCUT2D eigenvalue weighted by molar-refractivity contribution is 5.65. The average Bonchev–Trinajstić information content (AvgIpc) is 2.71. The standard InChI is InChI=1S/C22H33F3N2O3/c1-6-27(4)14-26-19-13-20(29-5)18(12-15(19)3)21(28,22(23,24)25)16-8-10-17(11-9-16)30-7-2/h12-14,16-17,28H,6-11H2,1-5H3. The van der Waals surface area contributed by atoms with E-state index in [0.717, 1.165) is 6.54 Å². The van der Waals surface area contributed by atoms with Crippen molar-refractivity contribution in [2.45, 2.75) is 64.3 Å². The molecule has 0 aliphatic heterocycles. The molecule has 1 atom stereocenters. The quantitative estimate of drug-likeness (QED) is 0.468. The largest absolute Gasteiger partial charge is 0.496 e. The second-order valence-electron chi connectivity index (χ2n) is 7.85. The third kappa shape index (κ3) is 5.09. The summed E-state index contributed by atoms with van der Waals surface area (Å²) in [6.07, 6.45) is -1.85. The van der Waals surface area contributed by atoms with Gasteiger partial charge in [-0.25, -0.2) is 4.99 Å². The number of hydrogen-bond acceptors (Lipinski definition) is 4. The summed E-state index contributed by atoms with van der Waals surface area (Å²) in [7, 11) is 3.16. The van der Waals surface area contributed by atoms with Gasteiger partial charge < -0.3 is 19.5 Å². The fourth-order valence-electron chi connectivity index (χ4n) is 4.01. The van der Waals surface area contributed by atoms with Crippen molar-refractivity contribution in [2.75, 3.05) is 27.3 Å². The molecule has 0 bridgehead atoms. The second-order valence-corrected chi connectivity index (χ2v) is 7.85. The Morgan fingerprint density at radius 1 is 1.20 bits per heavy atom. The normalized spacial score (nSPS) is 22.2. The summed E-state index contributed by atoms with van der Waals surface area (Å²) in [5.74, 6) is -0.984. The minimum atomic E-state index is -4.84. The van der Waals surface area contributed by atoms with Crippen LogP contribution in [0.15, 0.2) is 17.1 Å². The fourth-order valence-corrected chi connectivity index (χ4v) is 4.01. The topological polar surface area (TPSA) is 54.3 Å². The maximum absolute atomic E-state index is 14.3. The van der Waals surface area contributed by atoms with E-state index >= 15 is 0 Å². The Bertz CT molecular complexity index is 731. The van der Waals surface area contributed by atoms with E-state index in [0.29, 0.717) is 30.7 Å². The van der Waals surface area contributed by atoms with Gasteiger partial charge in [-0.15, -0.1) is 0 Å². The van der Waals surface area contributed by atoms with Crippen LogP contribution in [0, 0.1) is 12.8 Å². The molecule has 5 nitrogen and oxygen atoms in total. The molecule has 30 heavy (non-hydrogen) atoms. The van der Waals surface area contributed by atoms with E-state index < -0.39 is 17.7 Å². The first-order valence-corrected chi connectivity index (χ1v) is 10.4. The Labute approximate surface area is 176 Å². The molecule has 1 unspecified atom stereocenters. The van der Waals surface area contributed by atoms with Crippen LogP contribution in [0.2, 0.25) is 0 Å². The summed E-state index contributed by atoms with van der Waals surface area (Å²) < 4.78 is 53.7. The fraction of sp³-hybridized carbons (Fsp3) is 0.682. The van der Waals surface area contributed by atoms with Crippen molar-refractivity contribution in [2.24, 2.45) is 10.9 Å². The lowest BCUT2D eigenvalue weighted by Gasteiger charge is -2.42. The number of ether oxygens (including phenoxy) is 2. The predicted octanol–water partition coefficient (Wildman–Crippen LogP) is 4.96. The van der Waals surface area contributed by atoms with E-state index in [4.69, 9.17) is 9.47 Å². The van der Waals surface area contributed by atoms with Crippen molar-refractivity contribution in [3.63, 3.8) is 0 Å². The van der Waals surface area contributed by atoms with Gasteiger partial charge >= 0.3 is 6.18 Å². The molecule has 1 saturated carbocycles. The molecule has 1 N–H and O–H groups in total. The minimum absolute atomic E-state index is 0.0151. The summed E-state index contributed by atoms with van der Waals surface area (Å²) in [4.78, 5) is 6.20. The van der Waals surface area contributed by atoms with Crippen LogP contribution in [0.3, 0.4) is 0 Å². The number of hydrogen-bond donors (Lipinski definition) is 1. The van der Waals surface area contributed by atoms with Gasteiger partial charge in [0, 0.05) is 37.7 Å². The monoisotopic (exact) mass is 430 g/mol. The SMILES string of the molecule is CCOC1CCC(C(O)(c2cc(C)c(N=CN(C)CC)cc2OC)C(F)(F)F)CC1. The van der Waals surface area contributed by atoms with Crippen molar-refractivity contribution in [1.29, 1.82) is 0 Å². The first-order valence-electron chi connectivity index (χ1n) is 10.4. The molecular formula is C22H33F3N2O3. The van der Waals surface area contributed by atoms with Crippen LogP contribution in [-0.2, 0) is 10.3 Å². The third-order valence-corrected chi connectivity index (χ3v) is 5.92. The summed E-state index contributed by atoms with van der Waals surface area (Å²) in [6, 6.07) is 2.83. The van der Waals surface area contributed by atoms with Gasteiger partial charge in [-0.2, -0.15) is 13.2 Å². The number of methoxy groups -OCH3 is 1.